The van der Waals surface area contributed by atoms with Crippen LogP contribution in [0.15, 0.2) is 29.6 Å². The van der Waals surface area contributed by atoms with Gasteiger partial charge in [0.05, 0.1) is 0 Å². The summed E-state index contributed by atoms with van der Waals surface area (Å²) in [6.07, 6.45) is 2.74. The largest absolute Gasteiger partial charge is 0.481 e. The fourth-order valence-corrected chi connectivity index (χ4v) is 4.06. The van der Waals surface area contributed by atoms with Gasteiger partial charge in [0.2, 0.25) is 0 Å². The van der Waals surface area contributed by atoms with E-state index in [4.69, 9.17) is 5.11 Å². The summed E-state index contributed by atoms with van der Waals surface area (Å²) in [5.74, 6) is -0.469. The Hall–Kier alpha value is -2.21. The molecule has 0 spiro atoms. The second-order valence-electron chi connectivity index (χ2n) is 6.57. The van der Waals surface area contributed by atoms with E-state index in [1.165, 1.54) is 0 Å². The van der Waals surface area contributed by atoms with Gasteiger partial charge >= 0.3 is 5.97 Å². The molecule has 1 aliphatic rings. The molecule has 1 saturated heterocycles. The van der Waals surface area contributed by atoms with Crippen LogP contribution in [-0.2, 0) is 4.79 Å². The van der Waals surface area contributed by atoms with Gasteiger partial charge in [-0.3, -0.25) is 9.59 Å². The summed E-state index contributed by atoms with van der Waals surface area (Å²) < 4.78 is 0. The quantitative estimate of drug-likeness (QED) is 0.882. The van der Waals surface area contributed by atoms with Gasteiger partial charge in [-0.25, -0.2) is 4.98 Å². The van der Waals surface area contributed by atoms with Gasteiger partial charge in [-0.2, -0.15) is 0 Å². The molecule has 1 amide bonds. The van der Waals surface area contributed by atoms with Crippen molar-refractivity contribution >= 4 is 23.2 Å². The van der Waals surface area contributed by atoms with Crippen molar-refractivity contribution < 1.29 is 14.7 Å². The highest BCUT2D eigenvalue weighted by Gasteiger charge is 2.25. The van der Waals surface area contributed by atoms with Crippen molar-refractivity contribution in [2.75, 3.05) is 13.1 Å². The van der Waals surface area contributed by atoms with Gasteiger partial charge in [0.15, 0.2) is 0 Å². The summed E-state index contributed by atoms with van der Waals surface area (Å²) in [5, 5.41) is 11.8. The molecule has 5 nitrogen and oxygen atoms in total. The maximum Gasteiger partial charge on any atom is 0.303 e. The number of hydrogen-bond donors (Lipinski definition) is 1. The van der Waals surface area contributed by atoms with E-state index in [9.17, 15) is 9.59 Å². The van der Waals surface area contributed by atoms with Crippen molar-refractivity contribution in [1.29, 1.82) is 0 Å². The maximum absolute atomic E-state index is 12.9. The highest BCUT2D eigenvalue weighted by Crippen LogP contribution is 2.26. The van der Waals surface area contributed by atoms with Crippen molar-refractivity contribution in [3.8, 4) is 10.6 Å². The number of aliphatic carboxylic acids is 1. The minimum Gasteiger partial charge on any atom is -0.481 e. The molecule has 2 heterocycles. The molecule has 1 aromatic heterocycles. The molecule has 2 aromatic rings. The first-order chi connectivity index (χ1) is 12.0. The lowest BCUT2D eigenvalue weighted by atomic mass is 9.93. The number of benzene rings is 1. The third-order valence-corrected chi connectivity index (χ3v) is 5.56. The zero-order valence-electron chi connectivity index (χ0n) is 14.3. The number of thiazole rings is 1. The Labute approximate surface area is 151 Å². The first-order valence-electron chi connectivity index (χ1n) is 8.56. The number of carboxylic acids is 1. The number of carboxylic acid groups (broad SMARTS) is 1. The van der Waals surface area contributed by atoms with Crippen molar-refractivity contribution in [3.05, 3.63) is 40.9 Å². The van der Waals surface area contributed by atoms with E-state index in [0.717, 1.165) is 35.7 Å². The Morgan fingerprint density at radius 3 is 2.96 bits per heavy atom. The number of carbonyl (C=O) groups excluding carboxylic acids is 1. The smallest absolute Gasteiger partial charge is 0.303 e. The van der Waals surface area contributed by atoms with Crippen molar-refractivity contribution in [2.24, 2.45) is 5.92 Å². The van der Waals surface area contributed by atoms with E-state index in [2.05, 4.69) is 4.98 Å². The minimum atomic E-state index is -0.769. The predicted molar refractivity (Wildman–Crippen MR) is 97.8 cm³/mol. The number of hydrogen-bond acceptors (Lipinski definition) is 4. The van der Waals surface area contributed by atoms with Crippen molar-refractivity contribution in [3.63, 3.8) is 0 Å². The zero-order chi connectivity index (χ0) is 17.8. The number of rotatable bonds is 5. The summed E-state index contributed by atoms with van der Waals surface area (Å²) in [6.45, 7) is 3.34. The summed E-state index contributed by atoms with van der Waals surface area (Å²) in [5.41, 5.74) is 2.61. The van der Waals surface area contributed by atoms with Crippen molar-refractivity contribution in [1.82, 2.24) is 9.88 Å². The predicted octanol–water partition coefficient (Wildman–Crippen LogP) is 3.84. The van der Waals surface area contributed by atoms with Crippen LogP contribution in [0.5, 0.6) is 0 Å². The summed E-state index contributed by atoms with van der Waals surface area (Å²) >= 11 is 1.58. The molecule has 0 bridgehead atoms. The van der Waals surface area contributed by atoms with Crippen LogP contribution in [0, 0.1) is 12.8 Å². The number of aromatic nitrogens is 1. The molecule has 1 atom stereocenters. The van der Waals surface area contributed by atoms with Crippen LogP contribution in [-0.4, -0.2) is 40.0 Å². The fraction of sp³-hybridized carbons (Fsp3) is 0.421. The molecule has 0 aliphatic carbocycles. The van der Waals surface area contributed by atoms with Crippen LogP contribution >= 0.6 is 11.3 Å². The molecular weight excluding hydrogens is 336 g/mol. The molecular formula is C19H22N2O3S. The number of nitrogens with zero attached hydrogens (tertiary/aromatic N) is 2. The average Bonchev–Trinajstić information content (AvgIpc) is 3.06. The molecule has 1 aromatic carbocycles. The normalized spacial score (nSPS) is 17.5. The zero-order valence-corrected chi connectivity index (χ0v) is 15.1. The highest BCUT2D eigenvalue weighted by molar-refractivity contribution is 7.13. The van der Waals surface area contributed by atoms with E-state index >= 15 is 0 Å². The number of piperidine rings is 1. The Morgan fingerprint density at radius 2 is 2.24 bits per heavy atom. The molecule has 3 rings (SSSR count). The van der Waals surface area contributed by atoms with Gasteiger partial charge in [-0.1, -0.05) is 12.1 Å². The van der Waals surface area contributed by atoms with E-state index in [1.807, 2.05) is 41.5 Å². The maximum atomic E-state index is 12.9. The van der Waals surface area contributed by atoms with Gasteiger partial charge in [0.25, 0.3) is 5.91 Å². The van der Waals surface area contributed by atoms with Crippen LogP contribution in [0.4, 0.5) is 0 Å². The third kappa shape index (κ3) is 4.45. The second kappa shape index (κ2) is 7.78. The molecule has 132 valence electrons. The molecule has 6 heteroatoms. The molecule has 25 heavy (non-hydrogen) atoms. The first kappa shape index (κ1) is 17.6. The SMILES string of the molecule is Cc1csc(-c2cccc(C(=O)N3CCC[C@@H](CCC(=O)O)C3)c2)n1. The molecule has 0 unspecified atom stereocenters. The van der Waals surface area contributed by atoms with E-state index < -0.39 is 5.97 Å². The molecule has 0 saturated carbocycles. The van der Waals surface area contributed by atoms with Crippen molar-refractivity contribution in [2.45, 2.75) is 32.6 Å². The standard InChI is InChI=1S/C19H22N2O3S/c1-13-12-25-18(20-13)15-5-2-6-16(10-15)19(24)21-9-3-4-14(11-21)7-8-17(22)23/h2,5-6,10,12,14H,3-4,7-9,11H2,1H3,(H,22,23)/t14-/m0/s1. The lowest BCUT2D eigenvalue weighted by Gasteiger charge is -2.32. The van der Waals surface area contributed by atoms with E-state index in [1.54, 1.807) is 11.3 Å². The number of likely N-dealkylation sites (tertiary alicyclic amines) is 1. The lowest BCUT2D eigenvalue weighted by Crippen LogP contribution is -2.40. The Balaban J connectivity index is 1.71. The number of aryl methyl sites for hydroxylation is 1. The molecule has 1 fully saturated rings. The summed E-state index contributed by atoms with van der Waals surface area (Å²) in [6, 6.07) is 7.61. The Morgan fingerprint density at radius 1 is 1.40 bits per heavy atom. The van der Waals surface area contributed by atoms with Crippen LogP contribution < -0.4 is 0 Å². The second-order valence-corrected chi connectivity index (χ2v) is 7.42. The Kier molecular flexibility index (Phi) is 5.48. The lowest BCUT2D eigenvalue weighted by molar-refractivity contribution is -0.137. The van der Waals surface area contributed by atoms with E-state index in [0.29, 0.717) is 18.5 Å². The highest BCUT2D eigenvalue weighted by atomic mass is 32.1. The van der Waals surface area contributed by atoms with Crippen LogP contribution in [0.3, 0.4) is 0 Å². The average molecular weight is 358 g/mol. The van der Waals surface area contributed by atoms with Crippen LogP contribution in [0.25, 0.3) is 10.6 Å². The van der Waals surface area contributed by atoms with Gasteiger partial charge < -0.3 is 10.0 Å². The molecule has 0 radical (unpaired) electrons. The fourth-order valence-electron chi connectivity index (χ4n) is 3.27. The minimum absolute atomic E-state index is 0.0233. The van der Waals surface area contributed by atoms with Gasteiger partial charge in [-0.05, 0) is 44.2 Å². The summed E-state index contributed by atoms with van der Waals surface area (Å²) in [4.78, 5) is 30.0. The first-order valence-corrected chi connectivity index (χ1v) is 9.44. The van der Waals surface area contributed by atoms with Gasteiger partial charge in [0.1, 0.15) is 5.01 Å². The Bertz CT molecular complexity index is 772. The summed E-state index contributed by atoms with van der Waals surface area (Å²) in [7, 11) is 0. The third-order valence-electron chi connectivity index (χ3n) is 4.55. The number of carbonyl (C=O) groups is 2. The topological polar surface area (TPSA) is 70.5 Å². The number of amides is 1. The van der Waals surface area contributed by atoms with Crippen LogP contribution in [0.2, 0.25) is 0 Å². The molecule has 1 aliphatic heterocycles. The van der Waals surface area contributed by atoms with Crippen LogP contribution in [0.1, 0.15) is 41.7 Å². The monoisotopic (exact) mass is 358 g/mol. The molecule has 1 N–H and O–H groups in total. The van der Waals surface area contributed by atoms with Gasteiger partial charge in [0, 0.05) is 41.7 Å². The van der Waals surface area contributed by atoms with E-state index in [-0.39, 0.29) is 18.2 Å². The van der Waals surface area contributed by atoms with Gasteiger partial charge in [-0.15, -0.1) is 11.3 Å².